The first kappa shape index (κ1) is 58.1. The Labute approximate surface area is 474 Å². The quantitative estimate of drug-likeness (QED) is 0.152. The average molecular weight is 1040 g/mol. The molecule has 14 aromatic rings. The van der Waals surface area contributed by atoms with Crippen LogP contribution < -0.4 is 0 Å². The van der Waals surface area contributed by atoms with Crippen molar-refractivity contribution >= 4 is 64.8 Å². The van der Waals surface area contributed by atoms with Crippen molar-refractivity contribution in [2.45, 2.75) is 55.4 Å². The lowest BCUT2D eigenvalue weighted by molar-refractivity contribution is 1.20. The number of fused-ring (bicyclic) bond motifs is 6. The summed E-state index contributed by atoms with van der Waals surface area (Å²) in [4.78, 5) is 16.8. The van der Waals surface area contributed by atoms with Gasteiger partial charge in [-0.15, -0.1) is 0 Å². The first-order chi connectivity index (χ1) is 39.0. The number of pyridine rings is 4. The molecule has 0 N–H and O–H groups in total. The summed E-state index contributed by atoms with van der Waals surface area (Å²) < 4.78 is 0. The summed E-state index contributed by atoms with van der Waals surface area (Å²) in [5.74, 6) is 0. The molecule has 4 heteroatoms. The standard InChI is InChI=1S/3C11H10.3C10H9N.C7H8.C6H7N/c1-9-5-4-7-10-6-2-3-8-11(9)10;2*1-9-6-7-10-4-2-3-5-11(10)8-9;1-8-6-9-4-2-3-5-10(9)7-11-8;1-8-10-5-3-2-4-9(10)6-7-11-8;1-8-6-7-9-4-2-3-5-10(9)11-8;1-7-5-3-2-4-6-7;1-6-4-2-3-5-7-6/h3*2-8H,1H3;3*2-7H,1H3;2-6H,1H3;2-5H,1H3. The van der Waals surface area contributed by atoms with E-state index >= 15 is 0 Å². The Balaban J connectivity index is 0.000000133. The Morgan fingerprint density at radius 1 is 0.237 bits per heavy atom. The highest BCUT2D eigenvalue weighted by molar-refractivity contribution is 5.87. The Morgan fingerprint density at radius 3 is 1.25 bits per heavy atom. The largest absolute Gasteiger partial charge is 0.262 e. The monoisotopic (exact) mass is 1040 g/mol. The molecule has 0 aliphatic heterocycles. The Hall–Kier alpha value is -9.64. The zero-order valence-electron chi connectivity index (χ0n) is 47.5. The van der Waals surface area contributed by atoms with Gasteiger partial charge in [-0.05, 0) is 140 Å². The minimum Gasteiger partial charge on any atom is -0.262 e. The van der Waals surface area contributed by atoms with Crippen LogP contribution in [0.3, 0.4) is 0 Å². The molecule has 0 spiro atoms. The summed E-state index contributed by atoms with van der Waals surface area (Å²) in [5, 5.41) is 14.2. The number of hydrogen-bond donors (Lipinski definition) is 0. The maximum Gasteiger partial charge on any atom is 0.0705 e. The van der Waals surface area contributed by atoms with Crippen LogP contribution in [0.25, 0.3) is 64.8 Å². The Morgan fingerprint density at radius 2 is 0.713 bits per heavy atom. The van der Waals surface area contributed by atoms with E-state index in [4.69, 9.17) is 0 Å². The maximum atomic E-state index is 4.38. The minimum atomic E-state index is 1.07. The zero-order valence-corrected chi connectivity index (χ0v) is 47.5. The second-order valence-electron chi connectivity index (χ2n) is 19.6. The second-order valence-corrected chi connectivity index (χ2v) is 19.6. The van der Waals surface area contributed by atoms with E-state index in [0.29, 0.717) is 0 Å². The predicted molar refractivity (Wildman–Crippen MR) is 346 cm³/mol. The maximum absolute atomic E-state index is 4.38. The molecule has 0 saturated carbocycles. The smallest absolute Gasteiger partial charge is 0.0705 e. The van der Waals surface area contributed by atoms with Crippen LogP contribution >= 0.6 is 0 Å². The third-order valence-corrected chi connectivity index (χ3v) is 12.9. The molecule has 80 heavy (non-hydrogen) atoms. The first-order valence-electron chi connectivity index (χ1n) is 27.2. The topological polar surface area (TPSA) is 51.6 Å². The van der Waals surface area contributed by atoms with Crippen LogP contribution in [0.4, 0.5) is 0 Å². The van der Waals surface area contributed by atoms with Crippen molar-refractivity contribution < 1.29 is 0 Å². The van der Waals surface area contributed by atoms with Gasteiger partial charge in [0, 0.05) is 57.5 Å². The van der Waals surface area contributed by atoms with Gasteiger partial charge in [-0.3, -0.25) is 19.9 Å². The number of rotatable bonds is 0. The van der Waals surface area contributed by atoms with Gasteiger partial charge in [-0.1, -0.05) is 253 Å². The molecule has 0 saturated heterocycles. The normalized spacial score (nSPS) is 10.0. The molecular weight excluding hydrogens is 969 g/mol. The molecule has 10 aromatic carbocycles. The van der Waals surface area contributed by atoms with Gasteiger partial charge in [0.1, 0.15) is 0 Å². The lowest BCUT2D eigenvalue weighted by atomic mass is 10.1. The highest BCUT2D eigenvalue weighted by atomic mass is 14.7. The molecule has 0 atom stereocenters. The van der Waals surface area contributed by atoms with Gasteiger partial charge in [-0.25, -0.2) is 0 Å². The van der Waals surface area contributed by atoms with Gasteiger partial charge in [-0.2, -0.15) is 0 Å². The highest BCUT2D eigenvalue weighted by Gasteiger charge is 1.96. The molecular formula is C76H72N4. The second kappa shape index (κ2) is 30.9. The third kappa shape index (κ3) is 18.8. The summed E-state index contributed by atoms with van der Waals surface area (Å²) in [5.41, 5.74) is 10.7. The Bertz CT molecular complexity index is 3660. The molecule has 396 valence electrons. The lowest BCUT2D eigenvalue weighted by Crippen LogP contribution is -1.80. The van der Waals surface area contributed by atoms with E-state index in [1.54, 1.807) is 6.20 Å². The molecule has 0 unspecified atom stereocenters. The van der Waals surface area contributed by atoms with Crippen LogP contribution in [0, 0.1) is 55.4 Å². The van der Waals surface area contributed by atoms with Crippen molar-refractivity contribution in [3.05, 3.63) is 337 Å². The van der Waals surface area contributed by atoms with E-state index in [0.717, 1.165) is 28.3 Å². The highest BCUT2D eigenvalue weighted by Crippen LogP contribution is 2.19. The minimum absolute atomic E-state index is 1.07. The van der Waals surface area contributed by atoms with Gasteiger partial charge >= 0.3 is 0 Å². The van der Waals surface area contributed by atoms with E-state index in [2.05, 4.69) is 230 Å². The van der Waals surface area contributed by atoms with E-state index in [9.17, 15) is 0 Å². The van der Waals surface area contributed by atoms with Crippen molar-refractivity contribution in [2.75, 3.05) is 0 Å². The molecule has 0 aliphatic rings. The molecule has 14 rings (SSSR count). The average Bonchev–Trinajstić information content (AvgIpc) is 3.49. The number of para-hydroxylation sites is 1. The van der Waals surface area contributed by atoms with Crippen molar-refractivity contribution in [3.63, 3.8) is 0 Å². The van der Waals surface area contributed by atoms with Gasteiger partial charge in [0.05, 0.1) is 5.52 Å². The molecule has 4 aromatic heterocycles. The molecule has 0 radical (unpaired) electrons. The number of aryl methyl sites for hydroxylation is 8. The van der Waals surface area contributed by atoms with E-state index < -0.39 is 0 Å². The fourth-order valence-electron chi connectivity index (χ4n) is 8.62. The zero-order chi connectivity index (χ0) is 56.3. The fraction of sp³-hybridized carbons (Fsp3) is 0.105. The SMILES string of the molecule is Cc1cc2ccccc2cn1.Cc1ccc2ccccc2c1.Cc1ccc2ccccc2c1.Cc1ccc2ccccc2n1.Cc1cccc2ccccc12.Cc1ccccc1.Cc1ccccn1.Cc1nccc2ccccc12. The molecule has 4 nitrogen and oxygen atoms in total. The molecule has 0 bridgehead atoms. The fourth-order valence-corrected chi connectivity index (χ4v) is 8.62. The summed E-state index contributed by atoms with van der Waals surface area (Å²) in [7, 11) is 0. The number of hydrogen-bond acceptors (Lipinski definition) is 4. The van der Waals surface area contributed by atoms with E-state index in [1.165, 1.54) is 81.5 Å². The Kier molecular flexibility index (Phi) is 22.4. The molecule has 0 amide bonds. The van der Waals surface area contributed by atoms with Crippen molar-refractivity contribution in [3.8, 4) is 0 Å². The number of benzene rings is 10. The van der Waals surface area contributed by atoms with E-state index in [-0.39, 0.29) is 0 Å². The summed E-state index contributed by atoms with van der Waals surface area (Å²) in [6, 6.07) is 93.7. The molecule has 4 heterocycles. The van der Waals surface area contributed by atoms with Crippen LogP contribution in [0.15, 0.2) is 292 Å². The van der Waals surface area contributed by atoms with Crippen LogP contribution in [0.2, 0.25) is 0 Å². The van der Waals surface area contributed by atoms with Crippen molar-refractivity contribution in [2.24, 2.45) is 0 Å². The summed E-state index contributed by atoms with van der Waals surface area (Å²) >= 11 is 0. The number of nitrogens with zero attached hydrogens (tertiary/aromatic N) is 4. The van der Waals surface area contributed by atoms with Crippen LogP contribution in [0.1, 0.15) is 45.0 Å². The van der Waals surface area contributed by atoms with Crippen molar-refractivity contribution in [1.29, 1.82) is 0 Å². The van der Waals surface area contributed by atoms with Gasteiger partial charge in [0.25, 0.3) is 0 Å². The summed E-state index contributed by atoms with van der Waals surface area (Å²) in [6.07, 6.45) is 5.54. The third-order valence-electron chi connectivity index (χ3n) is 12.9. The predicted octanol–water partition coefficient (Wildman–Crippen LogP) is 20.5. The van der Waals surface area contributed by atoms with Crippen LogP contribution in [-0.2, 0) is 0 Å². The first-order valence-corrected chi connectivity index (χ1v) is 27.2. The van der Waals surface area contributed by atoms with E-state index in [1.807, 2.05) is 131 Å². The summed E-state index contributed by atoms with van der Waals surface area (Å²) in [6.45, 7) is 16.5. The van der Waals surface area contributed by atoms with Gasteiger partial charge in [0.15, 0.2) is 0 Å². The van der Waals surface area contributed by atoms with Crippen molar-refractivity contribution in [1.82, 2.24) is 19.9 Å². The van der Waals surface area contributed by atoms with Crippen LogP contribution in [-0.4, -0.2) is 19.9 Å². The van der Waals surface area contributed by atoms with Gasteiger partial charge in [0.2, 0.25) is 0 Å². The number of aromatic nitrogens is 4. The van der Waals surface area contributed by atoms with Gasteiger partial charge < -0.3 is 0 Å². The lowest BCUT2D eigenvalue weighted by Gasteiger charge is -1.98. The molecule has 0 fully saturated rings. The molecule has 0 aliphatic carbocycles. The van der Waals surface area contributed by atoms with Crippen LogP contribution in [0.5, 0.6) is 0 Å².